The fourth-order valence-corrected chi connectivity index (χ4v) is 2.19. The third kappa shape index (κ3) is 3.46. The van der Waals surface area contributed by atoms with Crippen LogP contribution in [-0.2, 0) is 0 Å². The van der Waals surface area contributed by atoms with Crippen molar-refractivity contribution in [2.45, 2.75) is 12.8 Å². The first-order chi connectivity index (χ1) is 8.65. The maximum absolute atomic E-state index is 10.8. The number of likely N-dealkylation sites (tertiary alicyclic amines) is 1. The Bertz CT molecular complexity index is 421. The molecule has 0 aromatic carbocycles. The van der Waals surface area contributed by atoms with Crippen molar-refractivity contribution in [3.8, 4) is 0 Å². The second-order valence-electron chi connectivity index (χ2n) is 4.36. The van der Waals surface area contributed by atoms with E-state index in [9.17, 15) is 4.79 Å². The van der Waals surface area contributed by atoms with E-state index in [0.717, 1.165) is 25.1 Å². The van der Waals surface area contributed by atoms with E-state index >= 15 is 0 Å². The van der Waals surface area contributed by atoms with Gasteiger partial charge in [0.25, 0.3) is 0 Å². The van der Waals surface area contributed by atoms with Crippen molar-refractivity contribution >= 4 is 23.4 Å². The number of hydrogen-bond acceptors (Lipinski definition) is 4. The molecule has 1 saturated heterocycles. The van der Waals surface area contributed by atoms with E-state index in [0.29, 0.717) is 24.2 Å². The normalized spacial score (nSPS) is 16.6. The molecule has 1 aliphatic rings. The number of carbonyl (C=O) groups is 1. The van der Waals surface area contributed by atoms with Gasteiger partial charge in [-0.3, -0.25) is 0 Å². The van der Waals surface area contributed by atoms with Crippen LogP contribution in [0.4, 0.5) is 10.5 Å². The molecule has 1 aromatic rings. The summed E-state index contributed by atoms with van der Waals surface area (Å²) < 4.78 is 0. The Morgan fingerprint density at radius 2 is 2.28 bits per heavy atom. The van der Waals surface area contributed by atoms with Crippen LogP contribution in [0.1, 0.15) is 12.8 Å². The molecule has 0 saturated carbocycles. The summed E-state index contributed by atoms with van der Waals surface area (Å²) in [6.45, 7) is 2.02. The van der Waals surface area contributed by atoms with Gasteiger partial charge in [-0.2, -0.15) is 5.10 Å². The summed E-state index contributed by atoms with van der Waals surface area (Å²) in [5.74, 6) is 0.479. The van der Waals surface area contributed by atoms with Crippen LogP contribution >= 0.6 is 11.6 Å². The minimum atomic E-state index is -0.827. The molecule has 0 spiro atoms. The van der Waals surface area contributed by atoms with Gasteiger partial charge in [-0.15, -0.1) is 5.10 Å². The molecule has 1 aliphatic heterocycles. The summed E-state index contributed by atoms with van der Waals surface area (Å²) in [6, 6.07) is 1.72. The highest BCUT2D eigenvalue weighted by Gasteiger charge is 2.21. The SMILES string of the molecule is O=C(O)N1CCC(CNc2cnnc(Cl)c2)CC1. The number of hydrogen-bond donors (Lipinski definition) is 2. The lowest BCUT2D eigenvalue weighted by Gasteiger charge is -2.30. The van der Waals surface area contributed by atoms with Gasteiger partial charge in [0, 0.05) is 25.7 Å². The Morgan fingerprint density at radius 1 is 1.56 bits per heavy atom. The smallest absolute Gasteiger partial charge is 0.407 e. The van der Waals surface area contributed by atoms with Crippen LogP contribution in [0, 0.1) is 5.92 Å². The van der Waals surface area contributed by atoms with Crippen LogP contribution in [0.5, 0.6) is 0 Å². The van der Waals surface area contributed by atoms with Crippen LogP contribution in [0.15, 0.2) is 12.3 Å². The van der Waals surface area contributed by atoms with E-state index in [1.54, 1.807) is 12.3 Å². The molecule has 0 bridgehead atoms. The fraction of sp³-hybridized carbons (Fsp3) is 0.545. The molecule has 2 rings (SSSR count). The number of nitrogens with zero attached hydrogens (tertiary/aromatic N) is 3. The minimum absolute atomic E-state index is 0.362. The van der Waals surface area contributed by atoms with E-state index in [2.05, 4.69) is 15.5 Å². The summed E-state index contributed by atoms with van der Waals surface area (Å²) in [6.07, 6.45) is 2.56. The first kappa shape index (κ1) is 12.9. The van der Waals surface area contributed by atoms with E-state index in [4.69, 9.17) is 16.7 Å². The lowest BCUT2D eigenvalue weighted by atomic mass is 9.97. The zero-order valence-corrected chi connectivity index (χ0v) is 10.6. The standard InChI is InChI=1S/C11H15ClN4O2/c12-10-5-9(7-14-15-10)13-6-8-1-3-16(4-2-8)11(17)18/h5,7-8H,1-4,6H2,(H,13,15)(H,17,18). The second kappa shape index (κ2) is 5.86. The highest BCUT2D eigenvalue weighted by Crippen LogP contribution is 2.18. The Morgan fingerprint density at radius 3 is 2.89 bits per heavy atom. The van der Waals surface area contributed by atoms with Gasteiger partial charge in [0.05, 0.1) is 11.9 Å². The average molecular weight is 271 g/mol. The zero-order chi connectivity index (χ0) is 13.0. The summed E-state index contributed by atoms with van der Waals surface area (Å²) in [7, 11) is 0. The second-order valence-corrected chi connectivity index (χ2v) is 4.75. The monoisotopic (exact) mass is 270 g/mol. The molecule has 1 aromatic heterocycles. The van der Waals surface area contributed by atoms with E-state index in [-0.39, 0.29) is 0 Å². The van der Waals surface area contributed by atoms with Crippen molar-refractivity contribution in [1.29, 1.82) is 0 Å². The minimum Gasteiger partial charge on any atom is -0.465 e. The Labute approximate surface area is 110 Å². The van der Waals surface area contributed by atoms with Crippen LogP contribution in [0.3, 0.4) is 0 Å². The van der Waals surface area contributed by atoms with Gasteiger partial charge in [-0.25, -0.2) is 4.79 Å². The topological polar surface area (TPSA) is 78.4 Å². The molecule has 18 heavy (non-hydrogen) atoms. The molecule has 2 heterocycles. The van der Waals surface area contributed by atoms with Crippen molar-refractivity contribution in [3.63, 3.8) is 0 Å². The maximum Gasteiger partial charge on any atom is 0.407 e. The fourth-order valence-electron chi connectivity index (χ4n) is 2.03. The van der Waals surface area contributed by atoms with Crippen LogP contribution in [0.2, 0.25) is 5.15 Å². The number of aromatic nitrogens is 2. The lowest BCUT2D eigenvalue weighted by molar-refractivity contribution is 0.126. The number of carboxylic acid groups (broad SMARTS) is 1. The summed E-state index contributed by atoms with van der Waals surface area (Å²) >= 11 is 5.73. The molecule has 1 fully saturated rings. The zero-order valence-electron chi connectivity index (χ0n) is 9.84. The molecule has 1 amide bonds. The van der Waals surface area contributed by atoms with Gasteiger partial charge in [0.15, 0.2) is 5.15 Å². The summed E-state index contributed by atoms with van der Waals surface area (Å²) in [5.41, 5.74) is 0.843. The predicted molar refractivity (Wildman–Crippen MR) is 67.9 cm³/mol. The van der Waals surface area contributed by atoms with Gasteiger partial charge >= 0.3 is 6.09 Å². The van der Waals surface area contributed by atoms with Gasteiger partial charge in [-0.1, -0.05) is 11.6 Å². The number of rotatable bonds is 3. The molecule has 0 radical (unpaired) electrons. The Kier molecular flexibility index (Phi) is 4.19. The van der Waals surface area contributed by atoms with Crippen molar-refractivity contribution in [2.75, 3.05) is 25.0 Å². The third-order valence-corrected chi connectivity index (χ3v) is 3.29. The van der Waals surface area contributed by atoms with Crippen molar-refractivity contribution in [3.05, 3.63) is 17.4 Å². The third-order valence-electron chi connectivity index (χ3n) is 3.10. The van der Waals surface area contributed by atoms with Crippen LogP contribution < -0.4 is 5.32 Å². The first-order valence-electron chi connectivity index (χ1n) is 5.85. The molecule has 98 valence electrons. The quantitative estimate of drug-likeness (QED) is 0.877. The predicted octanol–water partition coefficient (Wildman–Crippen LogP) is 1.93. The molecule has 0 atom stereocenters. The average Bonchev–Trinajstić information content (AvgIpc) is 2.37. The number of piperidine rings is 1. The van der Waals surface area contributed by atoms with Gasteiger partial charge in [-0.05, 0) is 18.8 Å². The van der Waals surface area contributed by atoms with E-state index in [1.807, 2.05) is 0 Å². The molecule has 0 aliphatic carbocycles. The van der Waals surface area contributed by atoms with Crippen LogP contribution in [-0.4, -0.2) is 45.9 Å². The van der Waals surface area contributed by atoms with Crippen LogP contribution in [0.25, 0.3) is 0 Å². The maximum atomic E-state index is 10.8. The van der Waals surface area contributed by atoms with Gasteiger partial charge in [0.1, 0.15) is 0 Å². The lowest BCUT2D eigenvalue weighted by Crippen LogP contribution is -2.39. The van der Waals surface area contributed by atoms with E-state index < -0.39 is 6.09 Å². The Hall–Kier alpha value is -1.56. The number of anilines is 1. The Balaban J connectivity index is 1.77. The summed E-state index contributed by atoms with van der Waals surface area (Å²) in [5, 5.41) is 19.9. The molecule has 0 unspecified atom stereocenters. The number of amides is 1. The highest BCUT2D eigenvalue weighted by molar-refractivity contribution is 6.29. The summed E-state index contributed by atoms with van der Waals surface area (Å²) in [4.78, 5) is 12.2. The van der Waals surface area contributed by atoms with Crippen molar-refractivity contribution < 1.29 is 9.90 Å². The number of nitrogens with one attached hydrogen (secondary N) is 1. The van der Waals surface area contributed by atoms with Crippen molar-refractivity contribution in [2.24, 2.45) is 5.92 Å². The largest absolute Gasteiger partial charge is 0.465 e. The first-order valence-corrected chi connectivity index (χ1v) is 6.23. The molecular weight excluding hydrogens is 256 g/mol. The van der Waals surface area contributed by atoms with Crippen molar-refractivity contribution in [1.82, 2.24) is 15.1 Å². The van der Waals surface area contributed by atoms with E-state index in [1.165, 1.54) is 4.90 Å². The molecular formula is C11H15ClN4O2. The molecule has 2 N–H and O–H groups in total. The van der Waals surface area contributed by atoms with Gasteiger partial charge < -0.3 is 15.3 Å². The van der Waals surface area contributed by atoms with Gasteiger partial charge in [0.2, 0.25) is 0 Å². The highest BCUT2D eigenvalue weighted by atomic mass is 35.5. The molecule has 6 nitrogen and oxygen atoms in total. The molecule has 7 heteroatoms. The number of halogens is 1.